The van der Waals surface area contributed by atoms with Gasteiger partial charge in [0.2, 0.25) is 0 Å². The maximum atomic E-state index is 4.86. The highest BCUT2D eigenvalue weighted by molar-refractivity contribution is 4.89. The Hall–Kier alpha value is -0.0800. The summed E-state index contributed by atoms with van der Waals surface area (Å²) in [6.45, 7) is 10.8. The molecule has 1 unspecified atom stereocenters. The van der Waals surface area contributed by atoms with E-state index < -0.39 is 0 Å². The van der Waals surface area contributed by atoms with Crippen molar-refractivity contribution in [3.63, 3.8) is 0 Å². The van der Waals surface area contributed by atoms with Crippen molar-refractivity contribution in [2.24, 2.45) is 11.3 Å². The minimum Gasteiger partial charge on any atom is -0.286 e. The molecule has 0 aromatic carbocycles. The fourth-order valence-electron chi connectivity index (χ4n) is 3.01. The Bertz CT molecular complexity index is 205. The first-order chi connectivity index (χ1) is 7.09. The molecule has 2 heteroatoms. The van der Waals surface area contributed by atoms with Gasteiger partial charge in [-0.15, -0.1) is 0 Å². The molecule has 2 nitrogen and oxygen atoms in total. The maximum Gasteiger partial charge on any atom is 0.0812 e. The fraction of sp³-hybridized carbons (Fsp3) is 1.00. The average molecular weight is 209 g/mol. The lowest BCUT2D eigenvalue weighted by Gasteiger charge is -2.46. The molecule has 0 aliphatic carbocycles. The third-order valence-corrected chi connectivity index (χ3v) is 4.14. The minimum absolute atomic E-state index is 0.402. The van der Waals surface area contributed by atoms with Crippen LogP contribution in [0.15, 0.2) is 0 Å². The summed E-state index contributed by atoms with van der Waals surface area (Å²) in [5, 5.41) is 4.86. The number of likely N-dealkylation sites (tertiary alicyclic amines) is 1. The van der Waals surface area contributed by atoms with Crippen molar-refractivity contribution < 1.29 is 0 Å². The largest absolute Gasteiger partial charge is 0.286 e. The van der Waals surface area contributed by atoms with E-state index in [-0.39, 0.29) is 0 Å². The van der Waals surface area contributed by atoms with Crippen molar-refractivity contribution in [3.05, 3.63) is 0 Å². The van der Waals surface area contributed by atoms with E-state index in [1.807, 2.05) is 0 Å². The van der Waals surface area contributed by atoms with Crippen molar-refractivity contribution in [1.82, 2.24) is 10.2 Å². The van der Waals surface area contributed by atoms with Gasteiger partial charge in [0.15, 0.2) is 0 Å². The lowest BCUT2D eigenvalue weighted by molar-refractivity contribution is 0.00947. The van der Waals surface area contributed by atoms with Crippen LogP contribution in [0, 0.1) is 11.3 Å². The number of piperidine rings is 2. The van der Waals surface area contributed by atoms with Gasteiger partial charge in [0.1, 0.15) is 0 Å². The molecule has 0 spiro atoms. The monoisotopic (exact) mass is 209 g/mol. The first kappa shape index (κ1) is 11.4. The number of nitrogens with zero attached hydrogens (tertiary/aromatic N) is 2. The van der Waals surface area contributed by atoms with Gasteiger partial charge in [-0.05, 0) is 50.1 Å². The number of hydrogen-bond acceptors (Lipinski definition) is 1. The molecule has 2 heterocycles. The van der Waals surface area contributed by atoms with Crippen molar-refractivity contribution in [3.8, 4) is 0 Å². The van der Waals surface area contributed by atoms with Gasteiger partial charge >= 0.3 is 0 Å². The smallest absolute Gasteiger partial charge is 0.0812 e. The Morgan fingerprint density at radius 1 is 1.20 bits per heavy atom. The molecule has 0 saturated carbocycles. The molecule has 1 radical (unpaired) electrons. The topological polar surface area (TPSA) is 17.3 Å². The van der Waals surface area contributed by atoms with E-state index in [0.717, 1.165) is 12.5 Å². The molecule has 2 fully saturated rings. The van der Waals surface area contributed by atoms with Gasteiger partial charge in [-0.25, -0.2) is 5.32 Å². The lowest BCUT2D eigenvalue weighted by Crippen LogP contribution is -2.55. The van der Waals surface area contributed by atoms with E-state index in [4.69, 9.17) is 5.32 Å². The van der Waals surface area contributed by atoms with E-state index in [9.17, 15) is 0 Å². The summed E-state index contributed by atoms with van der Waals surface area (Å²) < 4.78 is 0. The van der Waals surface area contributed by atoms with Gasteiger partial charge in [0, 0.05) is 6.54 Å². The molecule has 2 saturated heterocycles. The molecule has 87 valence electrons. The molecule has 2 aliphatic rings. The van der Waals surface area contributed by atoms with Gasteiger partial charge < -0.3 is 0 Å². The average Bonchev–Trinajstić information content (AvgIpc) is 2.19. The van der Waals surface area contributed by atoms with Crippen LogP contribution in [0.3, 0.4) is 0 Å². The second kappa shape index (κ2) is 4.42. The van der Waals surface area contributed by atoms with Crippen LogP contribution in [0.25, 0.3) is 0 Å². The predicted molar refractivity (Wildman–Crippen MR) is 63.8 cm³/mol. The second-order valence-electron chi connectivity index (χ2n) is 6.09. The number of rotatable bonds is 1. The van der Waals surface area contributed by atoms with Crippen molar-refractivity contribution in [2.45, 2.75) is 52.6 Å². The Kier molecular flexibility index (Phi) is 3.36. The van der Waals surface area contributed by atoms with Crippen LogP contribution in [0.2, 0.25) is 0 Å². The summed E-state index contributed by atoms with van der Waals surface area (Å²) in [7, 11) is 0. The summed E-state index contributed by atoms with van der Waals surface area (Å²) in [5.74, 6) is 0.924. The molecule has 0 bridgehead atoms. The number of hydrogen-bond donors (Lipinski definition) is 0. The Morgan fingerprint density at radius 3 is 2.47 bits per heavy atom. The molecule has 2 aliphatic heterocycles. The first-order valence-corrected chi connectivity index (χ1v) is 6.50. The van der Waals surface area contributed by atoms with E-state index >= 15 is 0 Å². The SMILES string of the molecule is CC1CCN(C2[N]CCCC2(C)C)CC1. The Morgan fingerprint density at radius 2 is 1.87 bits per heavy atom. The second-order valence-corrected chi connectivity index (χ2v) is 6.09. The quantitative estimate of drug-likeness (QED) is 0.648. The van der Waals surface area contributed by atoms with Gasteiger partial charge in [0.25, 0.3) is 0 Å². The maximum absolute atomic E-state index is 4.86. The molecule has 0 aromatic heterocycles. The first-order valence-electron chi connectivity index (χ1n) is 6.50. The highest BCUT2D eigenvalue weighted by atomic mass is 15.3. The highest BCUT2D eigenvalue weighted by Crippen LogP contribution is 2.34. The van der Waals surface area contributed by atoms with Gasteiger partial charge in [-0.3, -0.25) is 4.90 Å². The molecular weight excluding hydrogens is 184 g/mol. The summed E-state index contributed by atoms with van der Waals surface area (Å²) in [4.78, 5) is 2.62. The predicted octanol–water partition coefficient (Wildman–Crippen LogP) is 2.47. The standard InChI is InChI=1S/C13H25N2/c1-11-5-9-15(10-6-11)12-13(2,3)7-4-8-14-12/h11-12H,4-10H2,1-3H3. The summed E-state index contributed by atoms with van der Waals surface area (Å²) >= 11 is 0. The third kappa shape index (κ3) is 2.54. The third-order valence-electron chi connectivity index (χ3n) is 4.14. The van der Waals surface area contributed by atoms with Crippen LogP contribution in [0.1, 0.15) is 46.5 Å². The van der Waals surface area contributed by atoms with E-state index in [1.165, 1.54) is 38.8 Å². The molecule has 0 N–H and O–H groups in total. The van der Waals surface area contributed by atoms with Crippen LogP contribution >= 0.6 is 0 Å². The zero-order valence-electron chi connectivity index (χ0n) is 10.5. The normalized spacial score (nSPS) is 34.2. The zero-order valence-corrected chi connectivity index (χ0v) is 10.5. The van der Waals surface area contributed by atoms with Crippen LogP contribution < -0.4 is 5.32 Å². The fourth-order valence-corrected chi connectivity index (χ4v) is 3.01. The molecule has 1 atom stereocenters. The van der Waals surface area contributed by atoms with E-state index in [1.54, 1.807) is 0 Å². The van der Waals surface area contributed by atoms with E-state index in [0.29, 0.717) is 11.6 Å². The van der Waals surface area contributed by atoms with Crippen LogP contribution in [-0.4, -0.2) is 30.7 Å². The Labute approximate surface area is 94.4 Å². The zero-order chi connectivity index (χ0) is 10.9. The van der Waals surface area contributed by atoms with Crippen LogP contribution in [0.5, 0.6) is 0 Å². The Balaban J connectivity index is 1.96. The highest BCUT2D eigenvalue weighted by Gasteiger charge is 2.37. The van der Waals surface area contributed by atoms with Gasteiger partial charge in [-0.2, -0.15) is 0 Å². The summed E-state index contributed by atoms with van der Waals surface area (Å²) in [6.07, 6.45) is 5.85. The molecular formula is C13H25N2. The van der Waals surface area contributed by atoms with E-state index in [2.05, 4.69) is 25.7 Å². The lowest BCUT2D eigenvalue weighted by atomic mass is 9.80. The molecule has 15 heavy (non-hydrogen) atoms. The van der Waals surface area contributed by atoms with Crippen LogP contribution in [0.4, 0.5) is 0 Å². The molecule has 0 amide bonds. The van der Waals surface area contributed by atoms with Crippen molar-refractivity contribution in [1.29, 1.82) is 0 Å². The summed E-state index contributed by atoms with van der Waals surface area (Å²) in [6, 6.07) is 0. The van der Waals surface area contributed by atoms with Gasteiger partial charge in [0.05, 0.1) is 6.17 Å². The molecule has 0 aromatic rings. The molecule has 2 rings (SSSR count). The van der Waals surface area contributed by atoms with Gasteiger partial charge in [-0.1, -0.05) is 20.8 Å². The van der Waals surface area contributed by atoms with Crippen molar-refractivity contribution >= 4 is 0 Å². The summed E-state index contributed by atoms with van der Waals surface area (Å²) in [5.41, 5.74) is 0.402. The van der Waals surface area contributed by atoms with Crippen LogP contribution in [-0.2, 0) is 0 Å². The minimum atomic E-state index is 0.402. The van der Waals surface area contributed by atoms with Crippen molar-refractivity contribution in [2.75, 3.05) is 19.6 Å².